The Balaban J connectivity index is 1.45. The van der Waals surface area contributed by atoms with Gasteiger partial charge in [-0.1, -0.05) is 29.8 Å². The molecule has 0 aliphatic heterocycles. The van der Waals surface area contributed by atoms with Gasteiger partial charge in [0, 0.05) is 18.1 Å². The SMILES string of the molecule is Cc1ccc(C2CC(NCC3(N(C)C)CCC3)C2)cc1. The number of likely N-dealkylation sites (N-methyl/N-ethyl adjacent to an activating group) is 1. The summed E-state index contributed by atoms with van der Waals surface area (Å²) in [6.07, 6.45) is 6.75. The molecule has 0 aromatic heterocycles. The molecule has 2 saturated carbocycles. The second kappa shape index (κ2) is 5.50. The second-order valence-corrected chi connectivity index (χ2v) is 7.13. The highest BCUT2D eigenvalue weighted by Gasteiger charge is 2.40. The van der Waals surface area contributed by atoms with Crippen molar-refractivity contribution in [2.45, 2.75) is 56.5 Å². The smallest absolute Gasteiger partial charge is 0.0328 e. The molecule has 3 rings (SSSR count). The van der Waals surface area contributed by atoms with Crippen LogP contribution in [0.1, 0.15) is 49.1 Å². The topological polar surface area (TPSA) is 15.3 Å². The van der Waals surface area contributed by atoms with Crippen LogP contribution in [0.15, 0.2) is 24.3 Å². The maximum Gasteiger partial charge on any atom is 0.0328 e. The van der Waals surface area contributed by atoms with Gasteiger partial charge in [-0.25, -0.2) is 0 Å². The van der Waals surface area contributed by atoms with E-state index in [1.807, 2.05) is 0 Å². The Morgan fingerprint density at radius 1 is 1.15 bits per heavy atom. The molecule has 1 N–H and O–H groups in total. The van der Waals surface area contributed by atoms with Crippen LogP contribution in [-0.2, 0) is 0 Å². The highest BCUT2D eigenvalue weighted by Crippen LogP contribution is 2.39. The lowest BCUT2D eigenvalue weighted by Gasteiger charge is -2.49. The molecule has 0 amide bonds. The van der Waals surface area contributed by atoms with E-state index in [2.05, 4.69) is 55.5 Å². The van der Waals surface area contributed by atoms with Crippen molar-refractivity contribution in [3.63, 3.8) is 0 Å². The molecule has 2 nitrogen and oxygen atoms in total. The lowest BCUT2D eigenvalue weighted by molar-refractivity contribution is 0.0524. The zero-order valence-electron chi connectivity index (χ0n) is 13.2. The number of rotatable bonds is 5. The third-order valence-electron chi connectivity index (χ3n) is 5.64. The van der Waals surface area contributed by atoms with Crippen molar-refractivity contribution in [1.29, 1.82) is 0 Å². The van der Waals surface area contributed by atoms with Crippen LogP contribution in [0.3, 0.4) is 0 Å². The van der Waals surface area contributed by atoms with Crippen LogP contribution in [0, 0.1) is 6.92 Å². The molecule has 2 aliphatic carbocycles. The largest absolute Gasteiger partial charge is 0.312 e. The van der Waals surface area contributed by atoms with Crippen molar-refractivity contribution < 1.29 is 0 Å². The Labute approximate surface area is 123 Å². The number of aryl methyl sites for hydroxylation is 1. The van der Waals surface area contributed by atoms with E-state index in [0.29, 0.717) is 5.54 Å². The van der Waals surface area contributed by atoms with E-state index in [4.69, 9.17) is 0 Å². The Morgan fingerprint density at radius 3 is 2.30 bits per heavy atom. The van der Waals surface area contributed by atoms with E-state index in [9.17, 15) is 0 Å². The predicted molar refractivity (Wildman–Crippen MR) is 85.2 cm³/mol. The van der Waals surface area contributed by atoms with Crippen molar-refractivity contribution in [3.8, 4) is 0 Å². The summed E-state index contributed by atoms with van der Waals surface area (Å²) in [5.74, 6) is 0.782. The van der Waals surface area contributed by atoms with Crippen LogP contribution in [0.2, 0.25) is 0 Å². The van der Waals surface area contributed by atoms with Gasteiger partial charge in [-0.3, -0.25) is 0 Å². The van der Waals surface area contributed by atoms with E-state index < -0.39 is 0 Å². The normalized spacial score (nSPS) is 28.0. The fraction of sp³-hybridized carbons (Fsp3) is 0.667. The highest BCUT2D eigenvalue weighted by atomic mass is 15.2. The Hall–Kier alpha value is -0.860. The lowest BCUT2D eigenvalue weighted by Crippen LogP contribution is -2.58. The molecule has 1 aromatic rings. The van der Waals surface area contributed by atoms with Gasteiger partial charge < -0.3 is 10.2 Å². The summed E-state index contributed by atoms with van der Waals surface area (Å²) in [5, 5.41) is 3.81. The standard InChI is InChI=1S/C18H28N2/c1-14-5-7-15(8-6-14)16-11-17(12-16)19-13-18(20(2)3)9-4-10-18/h5-8,16-17,19H,4,9-13H2,1-3H3. The van der Waals surface area contributed by atoms with Crippen LogP contribution < -0.4 is 5.32 Å². The first kappa shape index (κ1) is 14.1. The van der Waals surface area contributed by atoms with Gasteiger partial charge in [0.05, 0.1) is 0 Å². The molecule has 2 heteroatoms. The predicted octanol–water partition coefficient (Wildman–Crippen LogP) is 3.31. The first-order valence-electron chi connectivity index (χ1n) is 8.06. The number of hydrogen-bond donors (Lipinski definition) is 1. The molecule has 0 radical (unpaired) electrons. The Kier molecular flexibility index (Phi) is 3.87. The summed E-state index contributed by atoms with van der Waals surface area (Å²) >= 11 is 0. The molecule has 0 unspecified atom stereocenters. The van der Waals surface area contributed by atoms with E-state index in [1.165, 1.54) is 49.8 Å². The maximum atomic E-state index is 3.81. The van der Waals surface area contributed by atoms with E-state index in [-0.39, 0.29) is 0 Å². The van der Waals surface area contributed by atoms with Crippen LogP contribution in [0.4, 0.5) is 0 Å². The van der Waals surface area contributed by atoms with E-state index in [0.717, 1.165) is 12.0 Å². The molecular formula is C18H28N2. The minimum absolute atomic E-state index is 0.453. The van der Waals surface area contributed by atoms with Gasteiger partial charge in [0.25, 0.3) is 0 Å². The molecule has 0 atom stereocenters. The second-order valence-electron chi connectivity index (χ2n) is 7.13. The monoisotopic (exact) mass is 272 g/mol. The third kappa shape index (κ3) is 2.64. The number of benzene rings is 1. The first-order chi connectivity index (χ1) is 9.59. The minimum Gasteiger partial charge on any atom is -0.312 e. The van der Waals surface area contributed by atoms with Crippen molar-refractivity contribution in [3.05, 3.63) is 35.4 Å². The highest BCUT2D eigenvalue weighted by molar-refractivity contribution is 5.26. The molecule has 2 aliphatic rings. The van der Waals surface area contributed by atoms with E-state index >= 15 is 0 Å². The molecule has 110 valence electrons. The zero-order chi connectivity index (χ0) is 14.2. The molecule has 1 aromatic carbocycles. The maximum absolute atomic E-state index is 3.81. The molecule has 2 fully saturated rings. The number of nitrogens with zero attached hydrogens (tertiary/aromatic N) is 1. The molecule has 0 saturated heterocycles. The van der Waals surface area contributed by atoms with Gasteiger partial charge in [-0.15, -0.1) is 0 Å². The van der Waals surface area contributed by atoms with Crippen molar-refractivity contribution >= 4 is 0 Å². The summed E-state index contributed by atoms with van der Waals surface area (Å²) in [6, 6.07) is 9.84. The first-order valence-corrected chi connectivity index (χ1v) is 8.06. The van der Waals surface area contributed by atoms with E-state index in [1.54, 1.807) is 0 Å². The van der Waals surface area contributed by atoms with Crippen LogP contribution in [-0.4, -0.2) is 37.1 Å². The zero-order valence-corrected chi connectivity index (χ0v) is 13.2. The fourth-order valence-electron chi connectivity index (χ4n) is 3.60. The number of hydrogen-bond acceptors (Lipinski definition) is 2. The molecular weight excluding hydrogens is 244 g/mol. The lowest BCUT2D eigenvalue weighted by atomic mass is 9.73. The van der Waals surface area contributed by atoms with Gasteiger partial charge in [-0.2, -0.15) is 0 Å². The summed E-state index contributed by atoms with van der Waals surface area (Å²) in [7, 11) is 4.47. The Bertz CT molecular complexity index is 439. The van der Waals surface area contributed by atoms with Gasteiger partial charge in [0.2, 0.25) is 0 Å². The molecule has 0 bridgehead atoms. The van der Waals surface area contributed by atoms with Gasteiger partial charge in [-0.05, 0) is 64.6 Å². The Morgan fingerprint density at radius 2 is 1.80 bits per heavy atom. The summed E-state index contributed by atoms with van der Waals surface area (Å²) < 4.78 is 0. The summed E-state index contributed by atoms with van der Waals surface area (Å²) in [6.45, 7) is 3.33. The third-order valence-corrected chi connectivity index (χ3v) is 5.64. The van der Waals surface area contributed by atoms with Crippen molar-refractivity contribution in [2.24, 2.45) is 0 Å². The average molecular weight is 272 g/mol. The molecule has 20 heavy (non-hydrogen) atoms. The van der Waals surface area contributed by atoms with Crippen LogP contribution in [0.25, 0.3) is 0 Å². The molecule has 0 spiro atoms. The van der Waals surface area contributed by atoms with Gasteiger partial charge >= 0.3 is 0 Å². The van der Waals surface area contributed by atoms with Crippen LogP contribution >= 0.6 is 0 Å². The fourth-order valence-corrected chi connectivity index (χ4v) is 3.60. The summed E-state index contributed by atoms with van der Waals surface area (Å²) in [5.41, 5.74) is 3.34. The average Bonchev–Trinajstić information content (AvgIpc) is 2.31. The van der Waals surface area contributed by atoms with Gasteiger partial charge in [0.1, 0.15) is 0 Å². The van der Waals surface area contributed by atoms with Crippen molar-refractivity contribution in [2.75, 3.05) is 20.6 Å². The quantitative estimate of drug-likeness (QED) is 0.884. The minimum atomic E-state index is 0.453. The van der Waals surface area contributed by atoms with Crippen LogP contribution in [0.5, 0.6) is 0 Å². The summed E-state index contributed by atoms with van der Waals surface area (Å²) in [4.78, 5) is 2.43. The van der Waals surface area contributed by atoms with Gasteiger partial charge in [0.15, 0.2) is 0 Å². The number of nitrogens with one attached hydrogen (secondary N) is 1. The van der Waals surface area contributed by atoms with Crippen molar-refractivity contribution in [1.82, 2.24) is 10.2 Å². The molecule has 0 heterocycles.